The van der Waals surface area contributed by atoms with Gasteiger partial charge in [0.05, 0.1) is 5.92 Å². The summed E-state index contributed by atoms with van der Waals surface area (Å²) in [5.74, 6) is 2.75. The van der Waals surface area contributed by atoms with Gasteiger partial charge in [-0.25, -0.2) is 4.39 Å². The molecule has 0 radical (unpaired) electrons. The molecule has 2 heterocycles. The molecule has 0 amide bonds. The van der Waals surface area contributed by atoms with Crippen LogP contribution < -0.4 is 5.73 Å². The highest BCUT2D eigenvalue weighted by Crippen LogP contribution is 2.32. The molecule has 2 N–H and O–H groups in total. The third-order valence-corrected chi connectivity index (χ3v) is 4.53. The van der Waals surface area contributed by atoms with Gasteiger partial charge in [0.1, 0.15) is 5.82 Å². The molecule has 2 atom stereocenters. The first-order valence-electron chi connectivity index (χ1n) is 6.08. The van der Waals surface area contributed by atoms with Crippen LogP contribution in [0.25, 0.3) is 11.4 Å². The van der Waals surface area contributed by atoms with Crippen LogP contribution in [0.5, 0.6) is 0 Å². The van der Waals surface area contributed by atoms with Gasteiger partial charge >= 0.3 is 0 Å². The second-order valence-electron chi connectivity index (χ2n) is 4.72. The molecule has 2 aromatic rings. The van der Waals surface area contributed by atoms with Crippen molar-refractivity contribution in [3.8, 4) is 11.4 Å². The average molecular weight is 279 g/mol. The molecule has 19 heavy (non-hydrogen) atoms. The maximum atomic E-state index is 13.1. The predicted octanol–water partition coefficient (Wildman–Crippen LogP) is 2.34. The Bertz CT molecular complexity index is 601. The largest absolute Gasteiger partial charge is 0.339 e. The molecule has 1 aromatic carbocycles. The number of aryl methyl sites for hydroxylation is 1. The molecule has 1 aliphatic heterocycles. The van der Waals surface area contributed by atoms with E-state index in [2.05, 4.69) is 10.1 Å². The van der Waals surface area contributed by atoms with Crippen molar-refractivity contribution >= 4 is 11.8 Å². The molecule has 1 aliphatic rings. The number of thioether (sulfide) groups is 1. The van der Waals surface area contributed by atoms with Gasteiger partial charge in [-0.05, 0) is 30.7 Å². The van der Waals surface area contributed by atoms with E-state index >= 15 is 0 Å². The van der Waals surface area contributed by atoms with Crippen LogP contribution in [0.15, 0.2) is 22.7 Å². The summed E-state index contributed by atoms with van der Waals surface area (Å²) in [5, 5.41) is 3.98. The van der Waals surface area contributed by atoms with Gasteiger partial charge < -0.3 is 10.3 Å². The van der Waals surface area contributed by atoms with E-state index in [0.717, 1.165) is 22.6 Å². The van der Waals surface area contributed by atoms with Gasteiger partial charge in [-0.2, -0.15) is 16.7 Å². The van der Waals surface area contributed by atoms with Crippen molar-refractivity contribution in [3.05, 3.63) is 35.5 Å². The summed E-state index contributed by atoms with van der Waals surface area (Å²) in [6, 6.07) is 4.59. The zero-order valence-corrected chi connectivity index (χ0v) is 11.3. The lowest BCUT2D eigenvalue weighted by molar-refractivity contribution is 0.352. The van der Waals surface area contributed by atoms with Crippen molar-refractivity contribution in [2.24, 2.45) is 5.73 Å². The fourth-order valence-electron chi connectivity index (χ4n) is 2.20. The first kappa shape index (κ1) is 12.6. The summed E-state index contributed by atoms with van der Waals surface area (Å²) in [4.78, 5) is 4.41. The first-order valence-corrected chi connectivity index (χ1v) is 7.24. The number of hydrogen-bond donors (Lipinski definition) is 1. The molecular formula is C13H14FN3OS. The van der Waals surface area contributed by atoms with Crippen molar-refractivity contribution in [2.45, 2.75) is 18.9 Å². The van der Waals surface area contributed by atoms with E-state index in [1.165, 1.54) is 12.1 Å². The van der Waals surface area contributed by atoms with Crippen molar-refractivity contribution in [1.29, 1.82) is 0 Å². The summed E-state index contributed by atoms with van der Waals surface area (Å²) >= 11 is 1.79. The highest BCUT2D eigenvalue weighted by atomic mass is 32.2. The van der Waals surface area contributed by atoms with Gasteiger partial charge in [-0.15, -0.1) is 0 Å². The van der Waals surface area contributed by atoms with Gasteiger partial charge in [-0.1, -0.05) is 5.16 Å². The molecule has 0 saturated carbocycles. The second kappa shape index (κ2) is 4.94. The Morgan fingerprint density at radius 3 is 2.95 bits per heavy atom. The van der Waals surface area contributed by atoms with Crippen LogP contribution in [0.3, 0.4) is 0 Å². The molecule has 0 aliphatic carbocycles. The number of nitrogens with two attached hydrogens (primary N) is 1. The van der Waals surface area contributed by atoms with E-state index in [9.17, 15) is 4.39 Å². The molecular weight excluding hydrogens is 265 g/mol. The predicted molar refractivity (Wildman–Crippen MR) is 72.5 cm³/mol. The number of benzene rings is 1. The van der Waals surface area contributed by atoms with Gasteiger partial charge in [-0.3, -0.25) is 0 Å². The fraction of sp³-hybridized carbons (Fsp3) is 0.385. The molecule has 0 spiro atoms. The summed E-state index contributed by atoms with van der Waals surface area (Å²) in [6.07, 6.45) is 0. The summed E-state index contributed by atoms with van der Waals surface area (Å²) in [7, 11) is 0. The third-order valence-electron chi connectivity index (χ3n) is 3.31. The summed E-state index contributed by atoms with van der Waals surface area (Å²) in [6.45, 7) is 1.83. The monoisotopic (exact) mass is 279 g/mol. The second-order valence-corrected chi connectivity index (χ2v) is 5.80. The topological polar surface area (TPSA) is 64.9 Å². The maximum Gasteiger partial charge on any atom is 0.232 e. The Morgan fingerprint density at radius 1 is 1.42 bits per heavy atom. The third kappa shape index (κ3) is 2.37. The van der Waals surface area contributed by atoms with Crippen LogP contribution in [0.2, 0.25) is 0 Å². The molecule has 1 saturated heterocycles. The van der Waals surface area contributed by atoms with E-state index in [1.807, 2.05) is 6.92 Å². The summed E-state index contributed by atoms with van der Waals surface area (Å²) in [5.41, 5.74) is 7.59. The fourth-order valence-corrected chi connectivity index (χ4v) is 3.48. The lowest BCUT2D eigenvalue weighted by atomic mass is 10.0. The maximum absolute atomic E-state index is 13.1. The van der Waals surface area contributed by atoms with E-state index in [4.69, 9.17) is 10.3 Å². The van der Waals surface area contributed by atoms with Crippen molar-refractivity contribution in [2.75, 3.05) is 11.5 Å². The zero-order chi connectivity index (χ0) is 13.4. The number of nitrogens with zero attached hydrogens (tertiary/aromatic N) is 2. The highest BCUT2D eigenvalue weighted by molar-refractivity contribution is 7.99. The number of aromatic nitrogens is 2. The van der Waals surface area contributed by atoms with E-state index in [0.29, 0.717) is 11.7 Å². The van der Waals surface area contributed by atoms with Crippen LogP contribution >= 0.6 is 11.8 Å². The average Bonchev–Trinajstić information content (AvgIpc) is 2.97. The van der Waals surface area contributed by atoms with Crippen LogP contribution in [-0.2, 0) is 0 Å². The van der Waals surface area contributed by atoms with E-state index in [1.54, 1.807) is 17.8 Å². The lowest BCUT2D eigenvalue weighted by Gasteiger charge is -2.07. The quantitative estimate of drug-likeness (QED) is 0.914. The number of hydrogen-bond acceptors (Lipinski definition) is 5. The number of halogens is 1. The Balaban J connectivity index is 1.92. The van der Waals surface area contributed by atoms with Gasteiger partial charge in [0.25, 0.3) is 0 Å². The molecule has 100 valence electrons. The molecule has 6 heteroatoms. The first-order chi connectivity index (χ1) is 9.15. The van der Waals surface area contributed by atoms with Crippen LogP contribution in [-0.4, -0.2) is 27.7 Å². The molecule has 1 aromatic heterocycles. The Labute approximate surface area is 114 Å². The summed E-state index contributed by atoms with van der Waals surface area (Å²) < 4.78 is 18.4. The van der Waals surface area contributed by atoms with Crippen molar-refractivity contribution in [3.63, 3.8) is 0 Å². The number of rotatable bonds is 2. The Hall–Kier alpha value is -1.40. The van der Waals surface area contributed by atoms with E-state index < -0.39 is 0 Å². The van der Waals surface area contributed by atoms with Crippen LogP contribution in [0.1, 0.15) is 17.4 Å². The lowest BCUT2D eigenvalue weighted by Crippen LogP contribution is -2.26. The molecule has 3 rings (SSSR count). The van der Waals surface area contributed by atoms with Crippen molar-refractivity contribution in [1.82, 2.24) is 10.1 Å². The van der Waals surface area contributed by atoms with Gasteiger partial charge in [0.2, 0.25) is 11.7 Å². The minimum atomic E-state index is -0.265. The smallest absolute Gasteiger partial charge is 0.232 e. The van der Waals surface area contributed by atoms with Crippen LogP contribution in [0, 0.1) is 12.7 Å². The van der Waals surface area contributed by atoms with Gasteiger partial charge in [0.15, 0.2) is 0 Å². The SMILES string of the molecule is Cc1cc(F)ccc1-c1noc(C2CSCC2N)n1. The minimum Gasteiger partial charge on any atom is -0.339 e. The normalized spacial score (nSPS) is 22.9. The molecule has 2 unspecified atom stereocenters. The Morgan fingerprint density at radius 2 is 2.26 bits per heavy atom. The molecule has 1 fully saturated rings. The standard InChI is InChI=1S/C13H14FN3OS/c1-7-4-8(14)2-3-9(7)12-16-13(18-17-12)10-5-19-6-11(10)15/h2-4,10-11H,5-6,15H2,1H3. The minimum absolute atomic E-state index is 0.0626. The molecule has 0 bridgehead atoms. The van der Waals surface area contributed by atoms with Gasteiger partial charge in [0, 0.05) is 23.1 Å². The van der Waals surface area contributed by atoms with Crippen molar-refractivity contribution < 1.29 is 8.91 Å². The Kier molecular flexibility index (Phi) is 3.28. The van der Waals surface area contributed by atoms with E-state index in [-0.39, 0.29) is 17.8 Å². The molecule has 4 nitrogen and oxygen atoms in total. The zero-order valence-electron chi connectivity index (χ0n) is 10.5. The highest BCUT2D eigenvalue weighted by Gasteiger charge is 2.31. The van der Waals surface area contributed by atoms with Crippen LogP contribution in [0.4, 0.5) is 4.39 Å².